The lowest BCUT2D eigenvalue weighted by Crippen LogP contribution is -2.32. The van der Waals surface area contributed by atoms with E-state index in [0.29, 0.717) is 0 Å². The van der Waals surface area contributed by atoms with Gasteiger partial charge in [0.25, 0.3) is 5.91 Å². The monoisotopic (exact) mass is 241 g/mol. The number of amides is 1. The number of hydrogen-bond acceptors (Lipinski definition) is 4. The minimum Gasteiger partial charge on any atom is -0.480 e. The Bertz CT molecular complexity index is 476. The lowest BCUT2D eigenvalue weighted by molar-refractivity contribution is -0.138. The van der Waals surface area contributed by atoms with Gasteiger partial charge >= 0.3 is 5.97 Å². The Morgan fingerprint density at radius 1 is 1.59 bits per heavy atom. The molecule has 0 aliphatic rings. The Morgan fingerprint density at radius 3 is 2.65 bits per heavy atom. The van der Waals surface area contributed by atoms with Gasteiger partial charge in [-0.05, 0) is 6.92 Å². The van der Waals surface area contributed by atoms with Crippen LogP contribution in [0.15, 0.2) is 6.20 Å². The molecule has 0 saturated carbocycles. The van der Waals surface area contributed by atoms with Crippen molar-refractivity contribution in [2.24, 2.45) is 11.5 Å². The predicted molar refractivity (Wildman–Crippen MR) is 56.8 cm³/mol. The van der Waals surface area contributed by atoms with Crippen LogP contribution in [0.5, 0.6) is 0 Å². The molecular formula is C10H12FN3O3. The fourth-order valence-corrected chi connectivity index (χ4v) is 1.36. The highest BCUT2D eigenvalue weighted by Gasteiger charge is 2.19. The number of nitrogens with zero attached hydrogens (tertiary/aromatic N) is 1. The number of aromatic nitrogens is 1. The Hall–Kier alpha value is -2.02. The normalized spacial score (nSPS) is 12.2. The number of carboxylic acid groups (broad SMARTS) is 1. The second-order valence-corrected chi connectivity index (χ2v) is 3.58. The molecule has 1 amide bonds. The molecule has 0 spiro atoms. The zero-order valence-electron chi connectivity index (χ0n) is 9.11. The molecule has 0 aromatic carbocycles. The maximum Gasteiger partial charge on any atom is 0.320 e. The van der Waals surface area contributed by atoms with Crippen LogP contribution < -0.4 is 11.5 Å². The average molecular weight is 241 g/mol. The first-order valence-corrected chi connectivity index (χ1v) is 4.76. The van der Waals surface area contributed by atoms with Crippen molar-refractivity contribution in [1.82, 2.24) is 4.98 Å². The Morgan fingerprint density at radius 2 is 2.18 bits per heavy atom. The zero-order chi connectivity index (χ0) is 13.2. The third kappa shape index (κ3) is 2.76. The van der Waals surface area contributed by atoms with Crippen LogP contribution in [0, 0.1) is 12.7 Å². The number of aliphatic carboxylic acids is 1. The van der Waals surface area contributed by atoms with Crippen molar-refractivity contribution in [3.63, 3.8) is 0 Å². The van der Waals surface area contributed by atoms with Gasteiger partial charge in [-0.2, -0.15) is 0 Å². The van der Waals surface area contributed by atoms with Crippen LogP contribution in [0.25, 0.3) is 0 Å². The van der Waals surface area contributed by atoms with E-state index >= 15 is 0 Å². The van der Waals surface area contributed by atoms with E-state index in [9.17, 15) is 14.0 Å². The van der Waals surface area contributed by atoms with Crippen LogP contribution in [0.3, 0.4) is 0 Å². The molecule has 7 heteroatoms. The summed E-state index contributed by atoms with van der Waals surface area (Å²) in [4.78, 5) is 25.1. The summed E-state index contributed by atoms with van der Waals surface area (Å²) in [5, 5.41) is 8.60. The summed E-state index contributed by atoms with van der Waals surface area (Å²) >= 11 is 0. The summed E-state index contributed by atoms with van der Waals surface area (Å²) in [6.07, 6.45) is 0.874. The Labute approximate surface area is 96.4 Å². The van der Waals surface area contributed by atoms with E-state index in [2.05, 4.69) is 4.98 Å². The third-order valence-electron chi connectivity index (χ3n) is 2.31. The van der Waals surface area contributed by atoms with Gasteiger partial charge in [-0.25, -0.2) is 4.39 Å². The molecule has 0 saturated heterocycles. The minimum absolute atomic E-state index is 0.00686. The molecule has 1 aromatic heterocycles. The zero-order valence-corrected chi connectivity index (χ0v) is 9.11. The van der Waals surface area contributed by atoms with Crippen molar-refractivity contribution in [1.29, 1.82) is 0 Å². The average Bonchev–Trinajstić information content (AvgIpc) is 2.24. The quantitative estimate of drug-likeness (QED) is 0.661. The summed E-state index contributed by atoms with van der Waals surface area (Å²) in [6, 6.07) is -1.22. The number of carboxylic acids is 1. The van der Waals surface area contributed by atoms with Crippen LogP contribution in [0.4, 0.5) is 4.39 Å². The third-order valence-corrected chi connectivity index (χ3v) is 2.31. The van der Waals surface area contributed by atoms with Crippen LogP contribution in [0.2, 0.25) is 0 Å². The number of rotatable bonds is 4. The van der Waals surface area contributed by atoms with Crippen LogP contribution in [-0.4, -0.2) is 28.0 Å². The molecular weight excluding hydrogens is 229 g/mol. The van der Waals surface area contributed by atoms with Gasteiger partial charge in [0.05, 0.1) is 0 Å². The number of pyridine rings is 1. The molecule has 1 heterocycles. The van der Waals surface area contributed by atoms with Crippen LogP contribution >= 0.6 is 0 Å². The summed E-state index contributed by atoms with van der Waals surface area (Å²) < 4.78 is 13.7. The van der Waals surface area contributed by atoms with Crippen molar-refractivity contribution in [3.8, 4) is 0 Å². The molecule has 0 aliphatic carbocycles. The molecule has 0 bridgehead atoms. The van der Waals surface area contributed by atoms with Crippen molar-refractivity contribution in [2.45, 2.75) is 19.4 Å². The lowest BCUT2D eigenvalue weighted by atomic mass is 10.0. The van der Waals surface area contributed by atoms with E-state index in [1.807, 2.05) is 0 Å². The molecule has 0 fully saturated rings. The lowest BCUT2D eigenvalue weighted by Gasteiger charge is -2.10. The fourth-order valence-electron chi connectivity index (χ4n) is 1.36. The van der Waals surface area contributed by atoms with Gasteiger partial charge in [0.2, 0.25) is 0 Å². The fraction of sp³-hybridized carbons (Fsp3) is 0.300. The summed E-state index contributed by atoms with van der Waals surface area (Å²) in [6.45, 7) is 1.35. The number of nitrogens with two attached hydrogens (primary N) is 2. The standard InChI is InChI=1S/C10H12FN3O3/c1-4-7(11)5(2-6(12)10(16)17)3-14-8(4)9(13)15/h3,6H,2,12H2,1H3,(H2,13,15)(H,16,17). The van der Waals surface area contributed by atoms with Gasteiger partial charge in [0.1, 0.15) is 17.6 Å². The first-order chi connectivity index (χ1) is 7.84. The topological polar surface area (TPSA) is 119 Å². The first kappa shape index (κ1) is 13.0. The SMILES string of the molecule is Cc1c(C(N)=O)ncc(CC(N)C(=O)O)c1F. The maximum absolute atomic E-state index is 13.7. The second kappa shape index (κ2) is 4.88. The molecule has 0 radical (unpaired) electrons. The van der Waals surface area contributed by atoms with Gasteiger partial charge in [0.15, 0.2) is 0 Å². The second-order valence-electron chi connectivity index (χ2n) is 3.58. The van der Waals surface area contributed by atoms with E-state index in [1.165, 1.54) is 6.92 Å². The highest BCUT2D eigenvalue weighted by molar-refractivity contribution is 5.92. The molecule has 1 unspecified atom stereocenters. The molecule has 5 N–H and O–H groups in total. The number of halogens is 1. The summed E-state index contributed by atoms with van der Waals surface area (Å²) in [5.41, 5.74) is 10.1. The Kier molecular flexibility index (Phi) is 3.74. The van der Waals surface area contributed by atoms with Crippen LogP contribution in [0.1, 0.15) is 21.6 Å². The van der Waals surface area contributed by atoms with E-state index < -0.39 is 23.7 Å². The summed E-state index contributed by atoms with van der Waals surface area (Å²) in [5.74, 6) is -2.78. The van der Waals surface area contributed by atoms with E-state index in [-0.39, 0.29) is 23.2 Å². The first-order valence-electron chi connectivity index (χ1n) is 4.76. The van der Waals surface area contributed by atoms with Crippen molar-refractivity contribution in [3.05, 3.63) is 28.8 Å². The molecule has 1 aromatic rings. The molecule has 1 atom stereocenters. The van der Waals surface area contributed by atoms with Crippen molar-refractivity contribution < 1.29 is 19.1 Å². The van der Waals surface area contributed by atoms with Gasteiger partial charge in [0, 0.05) is 23.7 Å². The number of primary amides is 1. The number of hydrogen-bond donors (Lipinski definition) is 3. The largest absolute Gasteiger partial charge is 0.480 e. The van der Waals surface area contributed by atoms with Gasteiger partial charge in [-0.3, -0.25) is 14.6 Å². The maximum atomic E-state index is 13.7. The van der Waals surface area contributed by atoms with E-state index in [0.717, 1.165) is 6.20 Å². The highest BCUT2D eigenvalue weighted by Crippen LogP contribution is 2.15. The smallest absolute Gasteiger partial charge is 0.320 e. The molecule has 6 nitrogen and oxygen atoms in total. The Balaban J connectivity index is 3.09. The van der Waals surface area contributed by atoms with Gasteiger partial charge < -0.3 is 16.6 Å². The predicted octanol–water partition coefficient (Wildman–Crippen LogP) is -0.418. The van der Waals surface area contributed by atoms with Crippen molar-refractivity contribution in [2.75, 3.05) is 0 Å². The van der Waals surface area contributed by atoms with Gasteiger partial charge in [-0.1, -0.05) is 0 Å². The van der Waals surface area contributed by atoms with E-state index in [4.69, 9.17) is 16.6 Å². The molecule has 0 aliphatic heterocycles. The van der Waals surface area contributed by atoms with E-state index in [1.54, 1.807) is 0 Å². The van der Waals surface area contributed by atoms with Crippen molar-refractivity contribution >= 4 is 11.9 Å². The number of carbonyl (C=O) groups excluding carboxylic acids is 1. The highest BCUT2D eigenvalue weighted by atomic mass is 19.1. The van der Waals surface area contributed by atoms with Gasteiger partial charge in [-0.15, -0.1) is 0 Å². The number of carbonyl (C=O) groups is 2. The van der Waals surface area contributed by atoms with Crippen LogP contribution in [-0.2, 0) is 11.2 Å². The molecule has 17 heavy (non-hydrogen) atoms. The molecule has 92 valence electrons. The summed E-state index contributed by atoms with van der Waals surface area (Å²) in [7, 11) is 0. The molecule has 1 rings (SSSR count). The minimum atomic E-state index is -1.24.